The van der Waals surface area contributed by atoms with Gasteiger partial charge >= 0.3 is 5.97 Å². The van der Waals surface area contributed by atoms with Crippen LogP contribution in [0.2, 0.25) is 0 Å². The molecule has 0 saturated heterocycles. The minimum atomic E-state index is -0.781. The second-order valence-electron chi connectivity index (χ2n) is 5.27. The molecule has 0 radical (unpaired) electrons. The van der Waals surface area contributed by atoms with Crippen molar-refractivity contribution in [3.05, 3.63) is 60.4 Å². The van der Waals surface area contributed by atoms with Crippen molar-refractivity contribution < 1.29 is 14.6 Å². The molecule has 0 spiro atoms. The Hall–Kier alpha value is -2.82. The van der Waals surface area contributed by atoms with Crippen LogP contribution in [-0.4, -0.2) is 20.6 Å². The van der Waals surface area contributed by atoms with Crippen molar-refractivity contribution in [3.63, 3.8) is 0 Å². The second kappa shape index (κ2) is 6.96. The van der Waals surface area contributed by atoms with E-state index in [1.54, 1.807) is 0 Å². The molecule has 1 aromatic heterocycles. The Kier molecular flexibility index (Phi) is 4.57. The van der Waals surface area contributed by atoms with Crippen LogP contribution in [0.15, 0.2) is 54.6 Å². The smallest absolute Gasteiger partial charge is 0.303 e. The summed E-state index contributed by atoms with van der Waals surface area (Å²) in [6, 6.07) is 17.4. The van der Waals surface area contributed by atoms with Crippen molar-refractivity contribution >= 4 is 17.0 Å². The highest BCUT2D eigenvalue weighted by Gasteiger charge is 2.11. The molecule has 0 aliphatic carbocycles. The summed E-state index contributed by atoms with van der Waals surface area (Å²) in [5, 5.41) is 8.83. The highest BCUT2D eigenvalue weighted by molar-refractivity contribution is 5.75. The number of imidazole rings is 1. The number of rotatable bonds is 7. The summed E-state index contributed by atoms with van der Waals surface area (Å²) in [5.74, 6) is 0.814. The van der Waals surface area contributed by atoms with Crippen LogP contribution >= 0.6 is 0 Å². The number of para-hydroxylation sites is 3. The first-order valence-corrected chi connectivity index (χ1v) is 7.58. The zero-order valence-corrected chi connectivity index (χ0v) is 12.7. The number of ether oxygens (including phenoxy) is 1. The molecule has 0 atom stereocenters. The molecule has 5 nitrogen and oxygen atoms in total. The van der Waals surface area contributed by atoms with Crippen LogP contribution in [0.25, 0.3) is 11.0 Å². The van der Waals surface area contributed by atoms with Crippen LogP contribution < -0.4 is 4.74 Å². The molecule has 118 valence electrons. The Bertz CT molecular complexity index is 796. The van der Waals surface area contributed by atoms with E-state index >= 15 is 0 Å². The molecule has 0 amide bonds. The Labute approximate surface area is 134 Å². The van der Waals surface area contributed by atoms with Crippen molar-refractivity contribution in [2.24, 2.45) is 0 Å². The number of hydrogen-bond donors (Lipinski definition) is 1. The number of aromatic nitrogens is 2. The zero-order chi connectivity index (χ0) is 16.1. The molecule has 0 unspecified atom stereocenters. The first-order chi connectivity index (χ1) is 11.2. The van der Waals surface area contributed by atoms with Gasteiger partial charge in [-0.2, -0.15) is 0 Å². The average molecular weight is 310 g/mol. The SMILES string of the molecule is O=C(O)CCCn1c(COc2ccccc2)nc2ccccc21. The first-order valence-electron chi connectivity index (χ1n) is 7.58. The third kappa shape index (κ3) is 3.69. The number of hydrogen-bond acceptors (Lipinski definition) is 3. The number of carboxylic acids is 1. The Morgan fingerprint density at radius 3 is 2.61 bits per heavy atom. The van der Waals surface area contributed by atoms with Gasteiger partial charge in [0.05, 0.1) is 11.0 Å². The molecule has 0 saturated carbocycles. The second-order valence-corrected chi connectivity index (χ2v) is 5.27. The maximum Gasteiger partial charge on any atom is 0.303 e. The van der Waals surface area contributed by atoms with Crippen molar-refractivity contribution in [2.45, 2.75) is 26.0 Å². The maximum atomic E-state index is 10.7. The Morgan fingerprint density at radius 1 is 1.09 bits per heavy atom. The Balaban J connectivity index is 1.81. The van der Waals surface area contributed by atoms with E-state index in [1.165, 1.54) is 0 Å². The van der Waals surface area contributed by atoms with E-state index < -0.39 is 5.97 Å². The first kappa shape index (κ1) is 15.1. The lowest BCUT2D eigenvalue weighted by Gasteiger charge is -2.10. The monoisotopic (exact) mass is 310 g/mol. The highest BCUT2D eigenvalue weighted by Crippen LogP contribution is 2.19. The van der Waals surface area contributed by atoms with Crippen molar-refractivity contribution in [1.29, 1.82) is 0 Å². The molecule has 1 heterocycles. The molecule has 3 aromatic rings. The van der Waals surface area contributed by atoms with E-state index in [4.69, 9.17) is 9.84 Å². The summed E-state index contributed by atoms with van der Waals surface area (Å²) in [5.41, 5.74) is 1.90. The van der Waals surface area contributed by atoms with E-state index in [9.17, 15) is 4.79 Å². The van der Waals surface area contributed by atoms with Gasteiger partial charge in [0, 0.05) is 13.0 Å². The fraction of sp³-hybridized carbons (Fsp3) is 0.222. The van der Waals surface area contributed by atoms with Gasteiger partial charge in [-0.15, -0.1) is 0 Å². The van der Waals surface area contributed by atoms with E-state index in [1.807, 2.05) is 59.2 Å². The molecule has 2 aromatic carbocycles. The van der Waals surface area contributed by atoms with Gasteiger partial charge in [-0.05, 0) is 30.7 Å². The summed E-state index contributed by atoms with van der Waals surface area (Å²) in [6.07, 6.45) is 0.708. The van der Waals surface area contributed by atoms with Gasteiger partial charge in [0.2, 0.25) is 0 Å². The van der Waals surface area contributed by atoms with Gasteiger partial charge in [0.15, 0.2) is 0 Å². The van der Waals surface area contributed by atoms with Crippen LogP contribution in [0.3, 0.4) is 0 Å². The highest BCUT2D eigenvalue weighted by atomic mass is 16.5. The molecule has 3 rings (SSSR count). The van der Waals surface area contributed by atoms with Gasteiger partial charge in [-0.1, -0.05) is 30.3 Å². The molecule has 0 bridgehead atoms. The minimum Gasteiger partial charge on any atom is -0.486 e. The molecule has 1 N–H and O–H groups in total. The third-order valence-electron chi connectivity index (χ3n) is 3.62. The van der Waals surface area contributed by atoms with Crippen molar-refractivity contribution in [1.82, 2.24) is 9.55 Å². The zero-order valence-electron chi connectivity index (χ0n) is 12.7. The summed E-state index contributed by atoms with van der Waals surface area (Å²) in [4.78, 5) is 15.4. The van der Waals surface area contributed by atoms with Gasteiger partial charge in [0.25, 0.3) is 0 Å². The molecule has 5 heteroatoms. The molecule has 0 fully saturated rings. The molecule has 0 aliphatic rings. The number of aryl methyl sites for hydroxylation is 1. The number of fused-ring (bicyclic) bond motifs is 1. The van der Waals surface area contributed by atoms with Crippen LogP contribution in [-0.2, 0) is 17.9 Å². The standard InChI is InChI=1S/C18H18N2O3/c21-18(22)11-6-12-20-16-10-5-4-9-15(16)19-17(20)13-23-14-7-2-1-3-8-14/h1-5,7-10H,6,11-13H2,(H,21,22). The van der Waals surface area contributed by atoms with Crippen molar-refractivity contribution in [2.75, 3.05) is 0 Å². The summed E-state index contributed by atoms with van der Waals surface area (Å²) >= 11 is 0. The van der Waals surface area contributed by atoms with Crippen LogP contribution in [0.1, 0.15) is 18.7 Å². The minimum absolute atomic E-state index is 0.144. The predicted molar refractivity (Wildman–Crippen MR) is 87.4 cm³/mol. The van der Waals surface area contributed by atoms with Gasteiger partial charge in [0.1, 0.15) is 18.2 Å². The van der Waals surface area contributed by atoms with E-state index in [0.29, 0.717) is 19.6 Å². The summed E-state index contributed by atoms with van der Waals surface area (Å²) < 4.78 is 7.83. The fourth-order valence-electron chi connectivity index (χ4n) is 2.54. The van der Waals surface area contributed by atoms with Crippen LogP contribution in [0, 0.1) is 0 Å². The lowest BCUT2D eigenvalue weighted by molar-refractivity contribution is -0.137. The number of carbonyl (C=O) groups is 1. The van der Waals surface area contributed by atoms with E-state index in [0.717, 1.165) is 22.6 Å². The van der Waals surface area contributed by atoms with Gasteiger partial charge in [-0.3, -0.25) is 4.79 Å². The van der Waals surface area contributed by atoms with E-state index in [-0.39, 0.29) is 6.42 Å². The van der Waals surface area contributed by atoms with E-state index in [2.05, 4.69) is 4.98 Å². The lowest BCUT2D eigenvalue weighted by Crippen LogP contribution is -2.09. The summed E-state index contributed by atoms with van der Waals surface area (Å²) in [7, 11) is 0. The number of nitrogens with zero attached hydrogens (tertiary/aromatic N) is 2. The molecular formula is C18H18N2O3. The number of benzene rings is 2. The lowest BCUT2D eigenvalue weighted by atomic mass is 10.3. The fourth-order valence-corrected chi connectivity index (χ4v) is 2.54. The number of carboxylic acid groups (broad SMARTS) is 1. The quantitative estimate of drug-likeness (QED) is 0.725. The van der Waals surface area contributed by atoms with Crippen LogP contribution in [0.4, 0.5) is 0 Å². The topological polar surface area (TPSA) is 64.3 Å². The molecule has 0 aliphatic heterocycles. The van der Waals surface area contributed by atoms with Crippen LogP contribution in [0.5, 0.6) is 5.75 Å². The maximum absolute atomic E-state index is 10.7. The van der Waals surface area contributed by atoms with Gasteiger partial charge < -0.3 is 14.4 Å². The van der Waals surface area contributed by atoms with Crippen molar-refractivity contribution in [3.8, 4) is 5.75 Å². The molecular weight excluding hydrogens is 292 g/mol. The van der Waals surface area contributed by atoms with Gasteiger partial charge in [-0.25, -0.2) is 4.98 Å². The largest absolute Gasteiger partial charge is 0.486 e. The average Bonchev–Trinajstić information content (AvgIpc) is 2.92. The third-order valence-corrected chi connectivity index (χ3v) is 3.62. The normalized spacial score (nSPS) is 10.8. The Morgan fingerprint density at radius 2 is 1.83 bits per heavy atom. The number of aliphatic carboxylic acids is 1. The molecule has 23 heavy (non-hydrogen) atoms. The summed E-state index contributed by atoms with van der Waals surface area (Å²) in [6.45, 7) is 0.964. The predicted octanol–water partition coefficient (Wildman–Crippen LogP) is 3.48.